The highest BCUT2D eigenvalue weighted by molar-refractivity contribution is 7.89. The lowest BCUT2D eigenvalue weighted by atomic mass is 9.70. The average Bonchev–Trinajstić information content (AvgIpc) is 2.88. The molecule has 7 heteroatoms. The molecule has 1 aromatic carbocycles. The van der Waals surface area contributed by atoms with Gasteiger partial charge in [0.05, 0.1) is 5.75 Å². The summed E-state index contributed by atoms with van der Waals surface area (Å²) in [6, 6.07) is 6.99. The van der Waals surface area contributed by atoms with Gasteiger partial charge in [-0.15, -0.1) is 0 Å². The van der Waals surface area contributed by atoms with Crippen molar-refractivity contribution in [1.82, 2.24) is 4.31 Å². The first-order valence-corrected chi connectivity index (χ1v) is 10.9. The minimum atomic E-state index is -3.55. The van der Waals surface area contributed by atoms with Gasteiger partial charge in [-0.2, -0.15) is 0 Å². The number of nitrogens with zero attached hydrogens (tertiary/aromatic N) is 1. The molecular formula is C19H26ClNO4S. The first-order valence-electron chi connectivity index (χ1n) is 8.94. The van der Waals surface area contributed by atoms with Gasteiger partial charge in [-0.25, -0.2) is 12.7 Å². The quantitative estimate of drug-likeness (QED) is 0.705. The van der Waals surface area contributed by atoms with Gasteiger partial charge in [0.1, 0.15) is 18.1 Å². The fourth-order valence-electron chi connectivity index (χ4n) is 4.52. The highest BCUT2D eigenvalue weighted by Gasteiger charge is 2.65. The van der Waals surface area contributed by atoms with Crippen LogP contribution in [0.3, 0.4) is 0 Å². The summed E-state index contributed by atoms with van der Waals surface area (Å²) in [4.78, 5) is 12.6. The maximum absolute atomic E-state index is 12.9. The minimum Gasteiger partial charge on any atom is -0.492 e. The Balaban J connectivity index is 1.63. The van der Waals surface area contributed by atoms with Crippen LogP contribution in [0.2, 0.25) is 5.02 Å². The number of fused-ring (bicyclic) bond motifs is 2. The van der Waals surface area contributed by atoms with E-state index in [0.29, 0.717) is 29.5 Å². The van der Waals surface area contributed by atoms with Gasteiger partial charge in [0.2, 0.25) is 10.0 Å². The number of carbonyl (C=O) groups excluding carboxylic acids is 1. The number of rotatable bonds is 7. The highest BCUT2D eigenvalue weighted by atomic mass is 35.5. The summed E-state index contributed by atoms with van der Waals surface area (Å²) in [5.41, 5.74) is -0.992. The van der Waals surface area contributed by atoms with Crippen LogP contribution in [0.1, 0.15) is 33.1 Å². The van der Waals surface area contributed by atoms with E-state index >= 15 is 0 Å². The molecule has 0 N–H and O–H groups in total. The molecule has 26 heavy (non-hydrogen) atoms. The normalized spacial score (nSPS) is 27.3. The maximum Gasteiger partial charge on any atom is 0.214 e. The van der Waals surface area contributed by atoms with Gasteiger partial charge in [-0.05, 0) is 42.4 Å². The van der Waals surface area contributed by atoms with Crippen LogP contribution < -0.4 is 4.74 Å². The second kappa shape index (κ2) is 6.80. The fraction of sp³-hybridized carbons (Fsp3) is 0.632. The van der Waals surface area contributed by atoms with E-state index in [-0.39, 0.29) is 30.1 Å². The summed E-state index contributed by atoms with van der Waals surface area (Å²) in [7, 11) is -2.00. The van der Waals surface area contributed by atoms with Crippen LogP contribution >= 0.6 is 11.6 Å². The molecule has 0 heterocycles. The molecule has 5 nitrogen and oxygen atoms in total. The number of carbonyl (C=O) groups is 1. The van der Waals surface area contributed by atoms with Gasteiger partial charge in [0.25, 0.3) is 0 Å². The second-order valence-corrected chi connectivity index (χ2v) is 10.6. The Hall–Kier alpha value is -1.11. The molecular weight excluding hydrogens is 374 g/mol. The number of hydrogen-bond donors (Lipinski definition) is 0. The van der Waals surface area contributed by atoms with Crippen LogP contribution in [0.4, 0.5) is 0 Å². The molecule has 2 saturated carbocycles. The van der Waals surface area contributed by atoms with Crippen molar-refractivity contribution in [2.75, 3.05) is 26.0 Å². The van der Waals surface area contributed by atoms with E-state index in [1.807, 2.05) is 13.8 Å². The van der Waals surface area contributed by atoms with Gasteiger partial charge in [0, 0.05) is 30.5 Å². The molecule has 2 bridgehead atoms. The molecule has 3 rings (SSSR count). The van der Waals surface area contributed by atoms with Crippen molar-refractivity contribution >= 4 is 27.4 Å². The summed E-state index contributed by atoms with van der Waals surface area (Å²) < 4.78 is 32.7. The van der Waals surface area contributed by atoms with Crippen LogP contribution in [0.15, 0.2) is 24.3 Å². The Bertz CT molecular complexity index is 808. The monoisotopic (exact) mass is 399 g/mol. The van der Waals surface area contributed by atoms with Crippen molar-refractivity contribution in [3.05, 3.63) is 29.3 Å². The number of likely N-dealkylation sites (N-methyl/N-ethyl adjacent to an activating group) is 1. The standard InChI is InChI=1S/C19H26ClNO4S/c1-18(2)14-7-8-19(18,17(22)11-14)13-26(23,24)21(3)9-10-25-16-6-4-5-15(20)12-16/h4-6,12,14H,7-11,13H2,1-3H3. The van der Waals surface area contributed by atoms with Gasteiger partial charge in [-0.1, -0.05) is 31.5 Å². The molecule has 0 saturated heterocycles. The number of ketones is 1. The number of ether oxygens (including phenoxy) is 1. The lowest BCUT2D eigenvalue weighted by Gasteiger charge is -2.37. The number of Topliss-reactive ketones (excluding diaryl/α,β-unsaturated/α-hetero) is 1. The molecule has 2 atom stereocenters. The van der Waals surface area contributed by atoms with Crippen LogP contribution in [-0.4, -0.2) is 44.5 Å². The van der Waals surface area contributed by atoms with Gasteiger partial charge in [0.15, 0.2) is 0 Å². The predicted octanol–water partition coefficient (Wildman–Crippen LogP) is 3.38. The summed E-state index contributed by atoms with van der Waals surface area (Å²) >= 11 is 5.91. The maximum atomic E-state index is 12.9. The van der Waals surface area contributed by atoms with Crippen LogP contribution in [0.25, 0.3) is 0 Å². The first-order chi connectivity index (χ1) is 12.1. The van der Waals surface area contributed by atoms with E-state index < -0.39 is 15.4 Å². The van der Waals surface area contributed by atoms with E-state index in [0.717, 1.165) is 6.42 Å². The van der Waals surface area contributed by atoms with Crippen LogP contribution in [0, 0.1) is 16.7 Å². The van der Waals surface area contributed by atoms with E-state index in [2.05, 4.69) is 0 Å². The van der Waals surface area contributed by atoms with E-state index in [4.69, 9.17) is 16.3 Å². The van der Waals surface area contributed by atoms with Crippen LogP contribution in [0.5, 0.6) is 5.75 Å². The second-order valence-electron chi connectivity index (χ2n) is 8.05. The molecule has 0 amide bonds. The Morgan fingerprint density at radius 1 is 1.35 bits per heavy atom. The number of halogens is 1. The summed E-state index contributed by atoms with van der Waals surface area (Å²) in [5, 5.41) is 0.570. The number of hydrogen-bond acceptors (Lipinski definition) is 4. The molecule has 0 aromatic heterocycles. The molecule has 144 valence electrons. The third-order valence-corrected chi connectivity index (χ3v) is 8.74. The van der Waals surface area contributed by atoms with Gasteiger partial charge >= 0.3 is 0 Å². The first kappa shape index (κ1) is 19.6. The van der Waals surface area contributed by atoms with Crippen molar-refractivity contribution in [3.63, 3.8) is 0 Å². The van der Waals surface area contributed by atoms with Crippen molar-refractivity contribution < 1.29 is 17.9 Å². The minimum absolute atomic E-state index is 0.101. The highest BCUT2D eigenvalue weighted by Crippen LogP contribution is 2.64. The third kappa shape index (κ3) is 3.27. The molecule has 2 aliphatic rings. The lowest BCUT2D eigenvalue weighted by molar-refractivity contribution is -0.128. The SMILES string of the molecule is CN(CCOc1cccc(Cl)c1)S(=O)(=O)CC12CCC(CC1=O)C2(C)C. The molecule has 2 aliphatic carbocycles. The number of sulfonamides is 1. The molecule has 0 spiro atoms. The van der Waals surface area contributed by atoms with Crippen molar-refractivity contribution in [3.8, 4) is 5.75 Å². The zero-order valence-electron chi connectivity index (χ0n) is 15.5. The zero-order valence-corrected chi connectivity index (χ0v) is 17.1. The zero-order chi connectivity index (χ0) is 19.2. The Labute approximate surface area is 160 Å². The molecule has 2 unspecified atom stereocenters. The Morgan fingerprint density at radius 3 is 2.65 bits per heavy atom. The molecule has 1 aromatic rings. The lowest BCUT2D eigenvalue weighted by Crippen LogP contribution is -2.46. The predicted molar refractivity (Wildman–Crippen MR) is 102 cm³/mol. The van der Waals surface area contributed by atoms with Crippen molar-refractivity contribution in [2.45, 2.75) is 33.1 Å². The summed E-state index contributed by atoms with van der Waals surface area (Å²) in [6.45, 7) is 4.55. The van der Waals surface area contributed by atoms with Crippen molar-refractivity contribution in [2.24, 2.45) is 16.7 Å². The fourth-order valence-corrected chi connectivity index (χ4v) is 6.57. The molecule has 2 fully saturated rings. The van der Waals surface area contributed by atoms with E-state index in [1.165, 1.54) is 4.31 Å². The van der Waals surface area contributed by atoms with Gasteiger partial charge < -0.3 is 4.74 Å². The Morgan fingerprint density at radius 2 is 2.08 bits per heavy atom. The largest absolute Gasteiger partial charge is 0.492 e. The van der Waals surface area contributed by atoms with Crippen LogP contribution in [-0.2, 0) is 14.8 Å². The summed E-state index contributed by atoms with van der Waals surface area (Å²) in [6.07, 6.45) is 2.13. The Kier molecular flexibility index (Phi) is 5.14. The summed E-state index contributed by atoms with van der Waals surface area (Å²) in [5.74, 6) is 0.927. The smallest absolute Gasteiger partial charge is 0.214 e. The third-order valence-electron chi connectivity index (χ3n) is 6.51. The van der Waals surface area contributed by atoms with Gasteiger partial charge in [-0.3, -0.25) is 4.79 Å². The number of benzene rings is 1. The average molecular weight is 400 g/mol. The van der Waals surface area contributed by atoms with E-state index in [9.17, 15) is 13.2 Å². The topological polar surface area (TPSA) is 63.7 Å². The molecule has 0 aliphatic heterocycles. The molecule has 0 radical (unpaired) electrons. The van der Waals surface area contributed by atoms with Crippen molar-refractivity contribution in [1.29, 1.82) is 0 Å². The van der Waals surface area contributed by atoms with E-state index in [1.54, 1.807) is 31.3 Å².